The van der Waals surface area contributed by atoms with Crippen LogP contribution in [0.25, 0.3) is 0 Å². The fraction of sp³-hybridized carbons (Fsp3) is 0.619. The Balaban J connectivity index is 0.00000300. The monoisotopic (exact) mass is 425 g/mol. The lowest BCUT2D eigenvalue weighted by atomic mass is 10.1. The maximum Gasteiger partial charge on any atom is 0.228 e. The molecule has 2 saturated heterocycles. The number of amides is 2. The van der Waals surface area contributed by atoms with Crippen LogP contribution in [0.15, 0.2) is 18.2 Å². The van der Waals surface area contributed by atoms with E-state index in [1.54, 1.807) is 19.1 Å². The van der Waals surface area contributed by atoms with Gasteiger partial charge in [-0.05, 0) is 49.9 Å². The average Bonchev–Trinajstić information content (AvgIpc) is 3.27. The van der Waals surface area contributed by atoms with Crippen LogP contribution in [0.3, 0.4) is 0 Å². The molecule has 7 nitrogen and oxygen atoms in total. The van der Waals surface area contributed by atoms with Gasteiger partial charge in [-0.15, -0.1) is 12.4 Å². The van der Waals surface area contributed by atoms with E-state index in [0.29, 0.717) is 56.4 Å². The Morgan fingerprint density at radius 2 is 1.93 bits per heavy atom. The quantitative estimate of drug-likeness (QED) is 0.718. The molecule has 0 saturated carbocycles. The number of likely N-dealkylation sites (tertiary alicyclic amines) is 2. The Kier molecular flexibility index (Phi) is 8.16. The molecule has 2 fully saturated rings. The molecule has 3 atom stereocenters. The lowest BCUT2D eigenvalue weighted by Crippen LogP contribution is -2.40. The summed E-state index contributed by atoms with van der Waals surface area (Å²) in [6.07, 6.45) is 1.97. The van der Waals surface area contributed by atoms with Crippen LogP contribution < -0.4 is 15.2 Å². The zero-order valence-corrected chi connectivity index (χ0v) is 18.2. The van der Waals surface area contributed by atoms with Crippen LogP contribution in [0.2, 0.25) is 0 Å². The Morgan fingerprint density at radius 1 is 1.21 bits per heavy atom. The molecule has 162 valence electrons. The van der Waals surface area contributed by atoms with Crippen LogP contribution >= 0.6 is 12.4 Å². The molecule has 29 heavy (non-hydrogen) atoms. The first-order valence-electron chi connectivity index (χ1n) is 9.96. The minimum atomic E-state index is -0.239. The van der Waals surface area contributed by atoms with Crippen molar-refractivity contribution in [1.82, 2.24) is 9.80 Å². The van der Waals surface area contributed by atoms with E-state index in [2.05, 4.69) is 6.92 Å². The van der Waals surface area contributed by atoms with E-state index in [1.807, 2.05) is 23.1 Å². The number of nitrogens with two attached hydrogens (primary N) is 1. The second-order valence-electron chi connectivity index (χ2n) is 7.86. The fourth-order valence-electron chi connectivity index (χ4n) is 4.31. The van der Waals surface area contributed by atoms with Gasteiger partial charge in [-0.2, -0.15) is 0 Å². The maximum absolute atomic E-state index is 12.9. The second kappa shape index (κ2) is 10.2. The van der Waals surface area contributed by atoms with Gasteiger partial charge in [-0.3, -0.25) is 9.59 Å². The number of carbonyl (C=O) groups is 2. The van der Waals surface area contributed by atoms with Crippen molar-refractivity contribution in [3.63, 3.8) is 0 Å². The van der Waals surface area contributed by atoms with Gasteiger partial charge in [0.2, 0.25) is 11.8 Å². The largest absolute Gasteiger partial charge is 0.493 e. The first-order chi connectivity index (χ1) is 13.5. The van der Waals surface area contributed by atoms with E-state index in [4.69, 9.17) is 15.2 Å². The van der Waals surface area contributed by atoms with Gasteiger partial charge in [0.05, 0.1) is 20.1 Å². The number of methoxy groups -OCH3 is 2. The number of carbonyl (C=O) groups excluding carboxylic acids is 2. The molecule has 2 heterocycles. The number of hydrogen-bond donors (Lipinski definition) is 1. The Morgan fingerprint density at radius 3 is 2.55 bits per heavy atom. The van der Waals surface area contributed by atoms with Crippen LogP contribution in [0, 0.1) is 11.8 Å². The van der Waals surface area contributed by atoms with E-state index in [9.17, 15) is 9.59 Å². The molecule has 0 aliphatic carbocycles. The molecule has 1 aromatic carbocycles. The van der Waals surface area contributed by atoms with Crippen LogP contribution in [-0.2, 0) is 16.0 Å². The zero-order valence-electron chi connectivity index (χ0n) is 17.4. The number of nitrogens with zero attached hydrogens (tertiary/aromatic N) is 2. The summed E-state index contributed by atoms with van der Waals surface area (Å²) in [4.78, 5) is 29.1. The van der Waals surface area contributed by atoms with Gasteiger partial charge in [-0.25, -0.2) is 0 Å². The molecule has 2 amide bonds. The Labute approximate surface area is 178 Å². The second-order valence-corrected chi connectivity index (χ2v) is 7.86. The molecule has 0 bridgehead atoms. The third-order valence-corrected chi connectivity index (χ3v) is 5.96. The van der Waals surface area contributed by atoms with E-state index < -0.39 is 0 Å². The minimum Gasteiger partial charge on any atom is -0.493 e. The number of ether oxygens (including phenoxy) is 2. The van der Waals surface area contributed by atoms with Crippen molar-refractivity contribution < 1.29 is 19.1 Å². The number of benzene rings is 1. The summed E-state index contributed by atoms with van der Waals surface area (Å²) in [6.45, 7) is 4.49. The first kappa shape index (κ1) is 23.3. The highest BCUT2D eigenvalue weighted by molar-refractivity contribution is 5.89. The molecular weight excluding hydrogens is 394 g/mol. The highest BCUT2D eigenvalue weighted by Crippen LogP contribution is 2.29. The number of halogens is 1. The van der Waals surface area contributed by atoms with Crippen molar-refractivity contribution in [2.24, 2.45) is 17.6 Å². The highest BCUT2D eigenvalue weighted by atomic mass is 35.5. The third-order valence-electron chi connectivity index (χ3n) is 5.96. The van der Waals surface area contributed by atoms with Gasteiger partial charge in [0.15, 0.2) is 11.5 Å². The smallest absolute Gasteiger partial charge is 0.228 e. The SMILES string of the molecule is COc1ccc(CCN2CC(C(=O)N3CC(CN)CC3C)CC2=O)cc1OC.Cl. The summed E-state index contributed by atoms with van der Waals surface area (Å²) in [7, 11) is 3.21. The van der Waals surface area contributed by atoms with Gasteiger partial charge in [0.1, 0.15) is 0 Å². The van der Waals surface area contributed by atoms with Crippen molar-refractivity contribution >= 4 is 24.2 Å². The van der Waals surface area contributed by atoms with Gasteiger partial charge >= 0.3 is 0 Å². The Hall–Kier alpha value is -1.99. The third kappa shape index (κ3) is 5.14. The number of hydrogen-bond acceptors (Lipinski definition) is 5. The van der Waals surface area contributed by atoms with Crippen molar-refractivity contribution in [3.05, 3.63) is 23.8 Å². The van der Waals surface area contributed by atoms with Crippen LogP contribution in [0.1, 0.15) is 25.3 Å². The zero-order chi connectivity index (χ0) is 20.3. The molecular formula is C21H32ClN3O4. The molecule has 3 rings (SSSR count). The molecule has 2 aliphatic rings. The van der Waals surface area contributed by atoms with Crippen LogP contribution in [-0.4, -0.2) is 68.1 Å². The molecule has 0 aromatic heterocycles. The minimum absolute atomic E-state index is 0. The molecule has 3 unspecified atom stereocenters. The summed E-state index contributed by atoms with van der Waals surface area (Å²) in [6, 6.07) is 5.98. The predicted octanol–water partition coefficient (Wildman–Crippen LogP) is 1.71. The van der Waals surface area contributed by atoms with Gasteiger partial charge in [0.25, 0.3) is 0 Å². The molecule has 1 aromatic rings. The summed E-state index contributed by atoms with van der Waals surface area (Å²) >= 11 is 0. The predicted molar refractivity (Wildman–Crippen MR) is 114 cm³/mol. The van der Waals surface area contributed by atoms with Crippen LogP contribution in [0.5, 0.6) is 11.5 Å². The molecule has 0 spiro atoms. The average molecular weight is 426 g/mol. The topological polar surface area (TPSA) is 85.1 Å². The standard InChI is InChI=1S/C21H31N3O4.ClH/c1-14-8-16(11-22)12-24(14)21(26)17-10-20(25)23(13-17)7-6-15-4-5-18(27-2)19(9-15)28-3;/h4-5,9,14,16-17H,6-8,10-13,22H2,1-3H3;1H. The first-order valence-corrected chi connectivity index (χ1v) is 9.96. The molecule has 8 heteroatoms. The normalized spacial score (nSPS) is 23.9. The van der Waals surface area contributed by atoms with Crippen molar-refractivity contribution in [2.45, 2.75) is 32.2 Å². The molecule has 2 aliphatic heterocycles. The maximum atomic E-state index is 12.9. The fourth-order valence-corrected chi connectivity index (χ4v) is 4.31. The van der Waals surface area contributed by atoms with E-state index in [0.717, 1.165) is 12.0 Å². The summed E-state index contributed by atoms with van der Waals surface area (Å²) in [5.41, 5.74) is 6.84. The molecule has 0 radical (unpaired) electrons. The van der Waals surface area contributed by atoms with E-state index in [1.165, 1.54) is 0 Å². The van der Waals surface area contributed by atoms with E-state index >= 15 is 0 Å². The van der Waals surface area contributed by atoms with Crippen molar-refractivity contribution in [2.75, 3.05) is 40.4 Å². The Bertz CT molecular complexity index is 730. The lowest BCUT2D eigenvalue weighted by molar-refractivity contribution is -0.136. The highest BCUT2D eigenvalue weighted by Gasteiger charge is 2.40. The van der Waals surface area contributed by atoms with E-state index in [-0.39, 0.29) is 36.2 Å². The van der Waals surface area contributed by atoms with Crippen molar-refractivity contribution in [3.8, 4) is 11.5 Å². The number of rotatable bonds is 7. The summed E-state index contributed by atoms with van der Waals surface area (Å²) < 4.78 is 10.6. The van der Waals surface area contributed by atoms with Gasteiger partial charge in [0, 0.05) is 32.1 Å². The van der Waals surface area contributed by atoms with Gasteiger partial charge < -0.3 is 25.0 Å². The summed E-state index contributed by atoms with van der Waals surface area (Å²) in [5.74, 6) is 1.66. The van der Waals surface area contributed by atoms with Gasteiger partial charge in [-0.1, -0.05) is 6.07 Å². The summed E-state index contributed by atoms with van der Waals surface area (Å²) in [5, 5.41) is 0. The van der Waals surface area contributed by atoms with Crippen molar-refractivity contribution in [1.29, 1.82) is 0 Å². The van der Waals surface area contributed by atoms with Crippen LogP contribution in [0.4, 0.5) is 0 Å². The molecule has 2 N–H and O–H groups in total. The lowest BCUT2D eigenvalue weighted by Gasteiger charge is -2.25.